The Hall–Kier alpha value is -3.14. The molecule has 4 aromatic rings. The summed E-state index contributed by atoms with van der Waals surface area (Å²) in [4.78, 5) is 5.03. The number of nitrogens with zero attached hydrogens (tertiary/aromatic N) is 2. The molecular weight excluding hydrogens is 479 g/mol. The average molecular weight is 517 g/mol. The summed E-state index contributed by atoms with van der Waals surface area (Å²) in [5.41, 5.74) is 5.13. The predicted molar refractivity (Wildman–Crippen MR) is 153 cm³/mol. The van der Waals surface area contributed by atoms with E-state index in [9.17, 15) is 4.57 Å². The molecule has 0 N–H and O–H groups in total. The molecule has 0 spiro atoms. The van der Waals surface area contributed by atoms with Gasteiger partial charge in [0.1, 0.15) is 5.69 Å². The first-order valence-corrected chi connectivity index (χ1v) is 14.9. The van der Waals surface area contributed by atoms with Gasteiger partial charge in [-0.15, -0.1) is 0 Å². The third-order valence-electron chi connectivity index (χ3n) is 6.27. The molecule has 0 aliphatic rings. The van der Waals surface area contributed by atoms with E-state index in [4.69, 9.17) is 14.2 Å². The number of aromatic nitrogens is 2. The van der Waals surface area contributed by atoms with Gasteiger partial charge in [-0.2, -0.15) is 4.98 Å². The summed E-state index contributed by atoms with van der Waals surface area (Å²) in [6, 6.07) is 31.6. The lowest BCUT2D eigenvalue weighted by Gasteiger charge is -2.13. The molecule has 1 aromatic heterocycles. The van der Waals surface area contributed by atoms with Crippen molar-refractivity contribution < 1.29 is 13.8 Å². The molecule has 6 heteroatoms. The quantitative estimate of drug-likeness (QED) is 0.118. The smallest absolute Gasteiger partial charge is 0.302 e. The SMILES string of the molecule is CCO[PH](=O)CCCCCCCCOc1nc(-c2ccccc2)c(-c2ccccc2)n1-c1ccccc1. The third kappa shape index (κ3) is 7.67. The van der Waals surface area contributed by atoms with E-state index in [1.54, 1.807) is 0 Å². The van der Waals surface area contributed by atoms with E-state index in [1.165, 1.54) is 0 Å². The van der Waals surface area contributed by atoms with Crippen molar-refractivity contribution in [1.82, 2.24) is 9.55 Å². The van der Waals surface area contributed by atoms with Crippen LogP contribution in [0.1, 0.15) is 45.4 Å². The molecule has 0 aliphatic heterocycles. The van der Waals surface area contributed by atoms with Crippen LogP contribution in [0.15, 0.2) is 91.0 Å². The first kappa shape index (κ1) is 26.9. The third-order valence-corrected chi connectivity index (χ3v) is 7.64. The van der Waals surface area contributed by atoms with Crippen LogP contribution in [0, 0.1) is 0 Å². The lowest BCUT2D eigenvalue weighted by molar-refractivity contribution is 0.278. The van der Waals surface area contributed by atoms with Crippen LogP contribution in [-0.2, 0) is 9.09 Å². The Balaban J connectivity index is 1.46. The van der Waals surface area contributed by atoms with Gasteiger partial charge in [-0.05, 0) is 31.9 Å². The molecule has 194 valence electrons. The molecule has 0 fully saturated rings. The van der Waals surface area contributed by atoms with Crippen molar-refractivity contribution in [2.45, 2.75) is 45.4 Å². The molecule has 0 aliphatic carbocycles. The maximum atomic E-state index is 11.6. The number of imidazole rings is 1. The van der Waals surface area contributed by atoms with Crippen molar-refractivity contribution in [3.05, 3.63) is 91.0 Å². The number of unbranched alkanes of at least 4 members (excludes halogenated alkanes) is 5. The molecular formula is C31H37N2O3P. The highest BCUT2D eigenvalue weighted by Crippen LogP contribution is 2.37. The van der Waals surface area contributed by atoms with Crippen LogP contribution < -0.4 is 4.74 Å². The number of para-hydroxylation sites is 1. The predicted octanol–water partition coefficient (Wildman–Crippen LogP) is 8.44. The van der Waals surface area contributed by atoms with Gasteiger partial charge in [0, 0.05) is 17.3 Å². The van der Waals surface area contributed by atoms with Gasteiger partial charge in [0.15, 0.2) is 8.03 Å². The maximum absolute atomic E-state index is 11.6. The van der Waals surface area contributed by atoms with E-state index in [0.29, 0.717) is 25.4 Å². The number of hydrogen-bond acceptors (Lipinski definition) is 4. The Kier molecular flexibility index (Phi) is 10.6. The van der Waals surface area contributed by atoms with E-state index in [-0.39, 0.29) is 0 Å². The normalized spacial score (nSPS) is 11.9. The van der Waals surface area contributed by atoms with E-state index in [0.717, 1.165) is 66.7 Å². The lowest BCUT2D eigenvalue weighted by atomic mass is 10.0. The minimum absolute atomic E-state index is 0.542. The summed E-state index contributed by atoms with van der Waals surface area (Å²) >= 11 is 0. The van der Waals surface area contributed by atoms with Gasteiger partial charge in [-0.1, -0.05) is 105 Å². The minimum Gasteiger partial charge on any atom is -0.464 e. The van der Waals surface area contributed by atoms with Crippen molar-refractivity contribution in [2.75, 3.05) is 19.4 Å². The molecule has 4 rings (SSSR count). The van der Waals surface area contributed by atoms with Crippen LogP contribution in [-0.4, -0.2) is 28.9 Å². The molecule has 1 heterocycles. The molecule has 1 atom stereocenters. The zero-order chi connectivity index (χ0) is 25.7. The zero-order valence-corrected chi connectivity index (χ0v) is 22.6. The van der Waals surface area contributed by atoms with Gasteiger partial charge in [0.2, 0.25) is 0 Å². The van der Waals surface area contributed by atoms with Crippen LogP contribution in [0.5, 0.6) is 6.01 Å². The second-order valence-electron chi connectivity index (χ2n) is 9.02. The summed E-state index contributed by atoms with van der Waals surface area (Å²) in [5.74, 6) is 0. The lowest BCUT2D eigenvalue weighted by Crippen LogP contribution is -2.05. The molecule has 3 aromatic carbocycles. The summed E-state index contributed by atoms with van der Waals surface area (Å²) in [6.45, 7) is 3.05. The maximum Gasteiger partial charge on any atom is 0.302 e. The first-order valence-electron chi connectivity index (χ1n) is 13.4. The molecule has 0 radical (unpaired) electrons. The fourth-order valence-corrected chi connectivity index (χ4v) is 5.45. The Labute approximate surface area is 221 Å². The largest absolute Gasteiger partial charge is 0.464 e. The Morgan fingerprint density at radius 3 is 1.95 bits per heavy atom. The fourth-order valence-electron chi connectivity index (χ4n) is 4.45. The molecule has 0 amide bonds. The van der Waals surface area contributed by atoms with Crippen molar-refractivity contribution in [3.63, 3.8) is 0 Å². The van der Waals surface area contributed by atoms with Gasteiger partial charge in [-0.3, -0.25) is 9.13 Å². The highest BCUT2D eigenvalue weighted by molar-refractivity contribution is 7.39. The van der Waals surface area contributed by atoms with Crippen LogP contribution in [0.25, 0.3) is 28.2 Å². The second kappa shape index (κ2) is 14.6. The van der Waals surface area contributed by atoms with E-state index >= 15 is 0 Å². The van der Waals surface area contributed by atoms with Gasteiger partial charge in [-0.25, -0.2) is 0 Å². The Morgan fingerprint density at radius 1 is 0.730 bits per heavy atom. The van der Waals surface area contributed by atoms with Crippen molar-refractivity contribution >= 4 is 8.03 Å². The van der Waals surface area contributed by atoms with Crippen LogP contribution >= 0.6 is 8.03 Å². The molecule has 37 heavy (non-hydrogen) atoms. The Bertz CT molecular complexity index is 1230. The fraction of sp³-hybridized carbons (Fsp3) is 0.323. The highest BCUT2D eigenvalue weighted by atomic mass is 31.1. The second-order valence-corrected chi connectivity index (χ2v) is 10.6. The summed E-state index contributed by atoms with van der Waals surface area (Å²) in [7, 11) is -1.82. The molecule has 0 saturated heterocycles. The van der Waals surface area contributed by atoms with Crippen molar-refractivity contribution in [2.24, 2.45) is 0 Å². The van der Waals surface area contributed by atoms with E-state index in [2.05, 4.69) is 53.1 Å². The molecule has 0 bridgehead atoms. The topological polar surface area (TPSA) is 53.4 Å². The average Bonchev–Trinajstić information content (AvgIpc) is 3.33. The summed E-state index contributed by atoms with van der Waals surface area (Å²) in [6.07, 6.45) is 7.16. The zero-order valence-electron chi connectivity index (χ0n) is 21.6. The van der Waals surface area contributed by atoms with Crippen LogP contribution in [0.2, 0.25) is 0 Å². The molecule has 5 nitrogen and oxygen atoms in total. The van der Waals surface area contributed by atoms with Gasteiger partial charge in [0.05, 0.1) is 24.6 Å². The summed E-state index contributed by atoms with van der Waals surface area (Å²) < 4.78 is 25.3. The number of rotatable bonds is 15. The number of hydrogen-bond donors (Lipinski definition) is 0. The molecule has 0 saturated carbocycles. The monoisotopic (exact) mass is 516 g/mol. The Morgan fingerprint density at radius 2 is 1.30 bits per heavy atom. The van der Waals surface area contributed by atoms with Crippen LogP contribution in [0.4, 0.5) is 0 Å². The van der Waals surface area contributed by atoms with E-state index < -0.39 is 8.03 Å². The van der Waals surface area contributed by atoms with E-state index in [1.807, 2.05) is 49.4 Å². The van der Waals surface area contributed by atoms with Gasteiger partial charge in [0.25, 0.3) is 0 Å². The first-order chi connectivity index (χ1) is 18.3. The number of benzene rings is 3. The number of ether oxygens (including phenoxy) is 1. The molecule has 1 unspecified atom stereocenters. The van der Waals surface area contributed by atoms with Crippen LogP contribution in [0.3, 0.4) is 0 Å². The standard InChI is InChI=1S/C31H37N2O3P/c1-2-36-37(34)25-17-6-4-3-5-16-24-35-31-32-29(26-18-10-7-11-19-26)30(27-20-12-8-13-21-27)33(31)28-22-14-9-15-23-28/h7-15,18-23,37H,2-6,16-17,24-25H2,1H3. The highest BCUT2D eigenvalue weighted by Gasteiger charge is 2.22. The van der Waals surface area contributed by atoms with Crippen molar-refractivity contribution in [1.29, 1.82) is 0 Å². The van der Waals surface area contributed by atoms with Crippen molar-refractivity contribution in [3.8, 4) is 34.2 Å². The van der Waals surface area contributed by atoms with Gasteiger partial charge >= 0.3 is 6.01 Å². The van der Waals surface area contributed by atoms with Gasteiger partial charge < -0.3 is 9.26 Å². The minimum atomic E-state index is -1.82. The summed E-state index contributed by atoms with van der Waals surface area (Å²) in [5, 5.41) is 0.